The molecule has 8 heteroatoms. The molecule has 0 aromatic heterocycles. The molecular formula is C15H23ClN2O4S. The lowest BCUT2D eigenvalue weighted by Crippen LogP contribution is -2.40. The monoisotopic (exact) mass is 362 g/mol. The third kappa shape index (κ3) is 4.91. The van der Waals surface area contributed by atoms with Crippen LogP contribution in [-0.4, -0.2) is 33.6 Å². The summed E-state index contributed by atoms with van der Waals surface area (Å²) < 4.78 is 32.5. The van der Waals surface area contributed by atoms with Crippen LogP contribution < -0.4 is 10.5 Å². The van der Waals surface area contributed by atoms with Crippen LogP contribution in [0.1, 0.15) is 41.6 Å². The van der Waals surface area contributed by atoms with Crippen molar-refractivity contribution in [3.8, 4) is 0 Å². The molecule has 1 saturated carbocycles. The molecule has 1 aromatic rings. The molecule has 1 fully saturated rings. The van der Waals surface area contributed by atoms with Crippen LogP contribution in [0.3, 0.4) is 0 Å². The third-order valence-corrected chi connectivity index (χ3v) is 5.50. The second-order valence-electron chi connectivity index (χ2n) is 5.72. The Balaban J connectivity index is 0.00000264. The molecule has 1 aliphatic carbocycles. The minimum absolute atomic E-state index is 0. The maximum absolute atomic E-state index is 12.6. The minimum Gasteiger partial charge on any atom is -0.465 e. The quantitative estimate of drug-likeness (QED) is 0.795. The van der Waals surface area contributed by atoms with Crippen LogP contribution in [0.25, 0.3) is 0 Å². The first kappa shape index (κ1) is 19.9. The standard InChI is InChI=1S/C15H22N2O4S.ClH/c1-10-3-8-14(13(9-10)15(18)21-2)22(19,20)17-12-6-4-11(16)5-7-12;/h3,8-9,11-12,17H,4-7,16H2,1-2H3;1H. The average Bonchev–Trinajstić information content (AvgIpc) is 2.48. The topological polar surface area (TPSA) is 98.5 Å². The highest BCUT2D eigenvalue weighted by Gasteiger charge is 2.28. The van der Waals surface area contributed by atoms with Gasteiger partial charge in [0.05, 0.1) is 17.6 Å². The fraction of sp³-hybridized carbons (Fsp3) is 0.533. The van der Waals surface area contributed by atoms with E-state index in [1.165, 1.54) is 19.2 Å². The van der Waals surface area contributed by atoms with Crippen LogP contribution >= 0.6 is 12.4 Å². The second-order valence-corrected chi connectivity index (χ2v) is 7.41. The van der Waals surface area contributed by atoms with Gasteiger partial charge in [-0.1, -0.05) is 11.6 Å². The van der Waals surface area contributed by atoms with Gasteiger partial charge in [0.1, 0.15) is 0 Å². The molecule has 0 unspecified atom stereocenters. The van der Waals surface area contributed by atoms with Gasteiger partial charge < -0.3 is 10.5 Å². The number of nitrogens with two attached hydrogens (primary N) is 1. The third-order valence-electron chi connectivity index (χ3n) is 3.92. The van der Waals surface area contributed by atoms with Gasteiger partial charge in [-0.3, -0.25) is 0 Å². The summed E-state index contributed by atoms with van der Waals surface area (Å²) in [4.78, 5) is 11.8. The van der Waals surface area contributed by atoms with Crippen LogP contribution in [0.4, 0.5) is 0 Å². The van der Waals surface area contributed by atoms with Crippen LogP contribution in [0.2, 0.25) is 0 Å². The number of ether oxygens (including phenoxy) is 1. The van der Waals surface area contributed by atoms with Gasteiger partial charge in [-0.05, 0) is 44.7 Å². The normalized spacial score (nSPS) is 21.3. The highest BCUT2D eigenvalue weighted by molar-refractivity contribution is 7.89. The molecular weight excluding hydrogens is 340 g/mol. The predicted octanol–water partition coefficient (Wildman–Crippen LogP) is 1.75. The Labute approximate surface area is 143 Å². The van der Waals surface area contributed by atoms with Crippen LogP contribution in [0, 0.1) is 6.92 Å². The van der Waals surface area contributed by atoms with Crippen LogP contribution in [0.15, 0.2) is 23.1 Å². The first-order valence-corrected chi connectivity index (χ1v) is 8.78. The molecule has 23 heavy (non-hydrogen) atoms. The van der Waals surface area contributed by atoms with Gasteiger partial charge >= 0.3 is 5.97 Å². The highest BCUT2D eigenvalue weighted by Crippen LogP contribution is 2.22. The van der Waals surface area contributed by atoms with E-state index < -0.39 is 16.0 Å². The number of hydrogen-bond donors (Lipinski definition) is 2. The van der Waals surface area contributed by atoms with Gasteiger partial charge in [0.2, 0.25) is 10.0 Å². The fourth-order valence-electron chi connectivity index (χ4n) is 2.67. The second kappa shape index (κ2) is 8.10. The number of sulfonamides is 1. The van der Waals surface area contributed by atoms with Crippen molar-refractivity contribution in [3.05, 3.63) is 29.3 Å². The van der Waals surface area contributed by atoms with Crippen molar-refractivity contribution in [2.75, 3.05) is 7.11 Å². The number of methoxy groups -OCH3 is 1. The lowest BCUT2D eigenvalue weighted by molar-refractivity contribution is 0.0596. The predicted molar refractivity (Wildman–Crippen MR) is 90.3 cm³/mol. The lowest BCUT2D eigenvalue weighted by Gasteiger charge is -2.26. The molecule has 3 N–H and O–H groups in total. The number of esters is 1. The number of nitrogens with one attached hydrogen (secondary N) is 1. The van der Waals surface area contributed by atoms with E-state index in [9.17, 15) is 13.2 Å². The fourth-order valence-corrected chi connectivity index (χ4v) is 4.15. The van der Waals surface area contributed by atoms with Crippen LogP contribution in [-0.2, 0) is 14.8 Å². The summed E-state index contributed by atoms with van der Waals surface area (Å²) in [5, 5.41) is 0. The number of carbonyl (C=O) groups is 1. The SMILES string of the molecule is COC(=O)c1cc(C)ccc1S(=O)(=O)NC1CCC(N)CC1.Cl. The average molecular weight is 363 g/mol. The Morgan fingerprint density at radius 2 is 1.87 bits per heavy atom. The zero-order valence-corrected chi connectivity index (χ0v) is 14.9. The number of hydrogen-bond acceptors (Lipinski definition) is 5. The van der Waals surface area contributed by atoms with Crippen molar-refractivity contribution in [2.45, 2.75) is 49.6 Å². The molecule has 0 heterocycles. The molecule has 0 amide bonds. The minimum atomic E-state index is -3.77. The summed E-state index contributed by atoms with van der Waals surface area (Å²) in [6.45, 7) is 1.79. The Kier molecular flexibility index (Phi) is 7.01. The zero-order valence-electron chi connectivity index (χ0n) is 13.2. The first-order chi connectivity index (χ1) is 10.3. The number of aryl methyl sites for hydroxylation is 1. The summed E-state index contributed by atoms with van der Waals surface area (Å²) >= 11 is 0. The van der Waals surface area contributed by atoms with Gasteiger partial charge in [-0.25, -0.2) is 17.9 Å². The van der Waals surface area contributed by atoms with E-state index in [-0.39, 0.29) is 34.9 Å². The molecule has 0 aliphatic heterocycles. The Bertz CT molecular complexity index is 655. The molecule has 0 radical (unpaired) electrons. The molecule has 6 nitrogen and oxygen atoms in total. The summed E-state index contributed by atoms with van der Waals surface area (Å²) in [5.41, 5.74) is 6.68. The summed E-state index contributed by atoms with van der Waals surface area (Å²) in [5.74, 6) is -0.658. The summed E-state index contributed by atoms with van der Waals surface area (Å²) in [6.07, 6.45) is 3.01. The first-order valence-electron chi connectivity index (χ1n) is 7.30. The maximum atomic E-state index is 12.6. The van der Waals surface area contributed by atoms with Crippen LogP contribution in [0.5, 0.6) is 0 Å². The van der Waals surface area contributed by atoms with E-state index in [0.717, 1.165) is 18.4 Å². The van der Waals surface area contributed by atoms with E-state index in [1.54, 1.807) is 13.0 Å². The van der Waals surface area contributed by atoms with Gasteiger partial charge in [0.15, 0.2) is 0 Å². The van der Waals surface area contributed by atoms with Crippen molar-refractivity contribution in [1.29, 1.82) is 0 Å². The Hall–Kier alpha value is -1.15. The number of halogens is 1. The zero-order chi connectivity index (χ0) is 16.3. The largest absolute Gasteiger partial charge is 0.465 e. The van der Waals surface area contributed by atoms with Crippen molar-refractivity contribution in [1.82, 2.24) is 4.72 Å². The van der Waals surface area contributed by atoms with Gasteiger partial charge in [0.25, 0.3) is 0 Å². The van der Waals surface area contributed by atoms with Gasteiger partial charge in [0, 0.05) is 12.1 Å². The van der Waals surface area contributed by atoms with E-state index in [0.29, 0.717) is 12.8 Å². The maximum Gasteiger partial charge on any atom is 0.339 e. The number of carbonyl (C=O) groups excluding carboxylic acids is 1. The van der Waals surface area contributed by atoms with E-state index in [4.69, 9.17) is 5.73 Å². The summed E-state index contributed by atoms with van der Waals surface area (Å²) in [7, 11) is -2.54. The van der Waals surface area contributed by atoms with Crippen molar-refractivity contribution < 1.29 is 17.9 Å². The Morgan fingerprint density at radius 3 is 2.43 bits per heavy atom. The lowest BCUT2D eigenvalue weighted by atomic mass is 9.93. The summed E-state index contributed by atoms with van der Waals surface area (Å²) in [6, 6.07) is 4.63. The van der Waals surface area contributed by atoms with Crippen molar-refractivity contribution >= 4 is 28.4 Å². The number of rotatable bonds is 4. The smallest absolute Gasteiger partial charge is 0.339 e. The van der Waals surface area contributed by atoms with Gasteiger partial charge in [-0.15, -0.1) is 12.4 Å². The van der Waals surface area contributed by atoms with Crippen molar-refractivity contribution in [2.24, 2.45) is 5.73 Å². The molecule has 1 aromatic carbocycles. The molecule has 0 saturated heterocycles. The van der Waals surface area contributed by atoms with Gasteiger partial charge in [-0.2, -0.15) is 0 Å². The molecule has 2 rings (SSSR count). The molecule has 0 bridgehead atoms. The highest BCUT2D eigenvalue weighted by atomic mass is 35.5. The van der Waals surface area contributed by atoms with E-state index >= 15 is 0 Å². The molecule has 0 atom stereocenters. The van der Waals surface area contributed by atoms with E-state index in [2.05, 4.69) is 9.46 Å². The molecule has 1 aliphatic rings. The Morgan fingerprint density at radius 1 is 1.26 bits per heavy atom. The molecule has 130 valence electrons. The number of benzene rings is 1. The van der Waals surface area contributed by atoms with E-state index in [1.807, 2.05) is 0 Å². The van der Waals surface area contributed by atoms with Crippen molar-refractivity contribution in [3.63, 3.8) is 0 Å². The molecule has 0 spiro atoms.